The lowest BCUT2D eigenvalue weighted by Crippen LogP contribution is -2.17. The number of imidazole rings is 1. The Hall–Kier alpha value is -1.99. The summed E-state index contributed by atoms with van der Waals surface area (Å²) in [6.45, 7) is 1.76. The third-order valence-corrected chi connectivity index (χ3v) is 3.24. The molecule has 4 nitrogen and oxygen atoms in total. The highest BCUT2D eigenvalue weighted by molar-refractivity contribution is 6.30. The van der Waals surface area contributed by atoms with E-state index < -0.39 is 0 Å². The fourth-order valence-corrected chi connectivity index (χ4v) is 2.41. The Morgan fingerprint density at radius 1 is 1.44 bits per heavy atom. The Bertz CT molecular complexity index is 639. The highest BCUT2D eigenvalue weighted by Gasteiger charge is 2.20. The molecule has 0 aliphatic carbocycles. The summed E-state index contributed by atoms with van der Waals surface area (Å²) in [5.74, 6) is 1.62. The lowest BCUT2D eigenvalue weighted by Gasteiger charge is -2.18. The van der Waals surface area contributed by atoms with Gasteiger partial charge in [0.15, 0.2) is 5.69 Å². The number of aromatic nitrogens is 2. The summed E-state index contributed by atoms with van der Waals surface area (Å²) in [6, 6.07) is 9.67. The normalized spacial score (nSPS) is 13.6. The molecule has 0 bridgehead atoms. The molecule has 1 N–H and O–H groups in total. The molecule has 0 spiro atoms. The third-order valence-electron chi connectivity index (χ3n) is 3.01. The van der Waals surface area contributed by atoms with E-state index in [9.17, 15) is 0 Å². The van der Waals surface area contributed by atoms with Crippen LogP contribution in [0.1, 0.15) is 12.1 Å². The van der Waals surface area contributed by atoms with Crippen LogP contribution in [0.4, 0.5) is 5.82 Å². The molecule has 0 saturated carbocycles. The minimum Gasteiger partial charge on any atom is -0.369 e. The van der Waals surface area contributed by atoms with E-state index in [2.05, 4.69) is 16.4 Å². The molecule has 0 saturated heterocycles. The first-order valence-corrected chi connectivity index (χ1v) is 6.18. The van der Waals surface area contributed by atoms with E-state index in [0.29, 0.717) is 10.7 Å². The predicted molar refractivity (Wildman–Crippen MR) is 70.5 cm³/mol. The van der Waals surface area contributed by atoms with E-state index in [-0.39, 0.29) is 0 Å². The maximum absolute atomic E-state index is 9.12. The van der Waals surface area contributed by atoms with Crippen molar-refractivity contribution < 1.29 is 0 Å². The summed E-state index contributed by atoms with van der Waals surface area (Å²) in [6.07, 6.45) is 1.03. The Balaban J connectivity index is 2.18. The molecule has 0 fully saturated rings. The van der Waals surface area contributed by atoms with Gasteiger partial charge in [0.25, 0.3) is 0 Å². The minimum absolute atomic E-state index is 0.449. The highest BCUT2D eigenvalue weighted by atomic mass is 35.5. The molecule has 2 aromatic rings. The van der Waals surface area contributed by atoms with E-state index in [1.165, 1.54) is 0 Å². The summed E-state index contributed by atoms with van der Waals surface area (Å²) in [5, 5.41) is 13.0. The first kappa shape index (κ1) is 11.1. The Kier molecular flexibility index (Phi) is 2.69. The summed E-state index contributed by atoms with van der Waals surface area (Å²) in [7, 11) is 0. The van der Waals surface area contributed by atoms with Crippen LogP contribution in [0.3, 0.4) is 0 Å². The van der Waals surface area contributed by atoms with E-state index in [1.54, 1.807) is 0 Å². The van der Waals surface area contributed by atoms with E-state index in [1.807, 2.05) is 28.8 Å². The quantitative estimate of drug-likeness (QED) is 0.856. The minimum atomic E-state index is 0.449. The van der Waals surface area contributed by atoms with Crippen LogP contribution in [0, 0.1) is 11.3 Å². The average Bonchev–Trinajstić information content (AvgIpc) is 2.77. The molecule has 0 radical (unpaired) electrons. The molecule has 1 aromatic heterocycles. The van der Waals surface area contributed by atoms with Gasteiger partial charge in [-0.25, -0.2) is 4.98 Å². The zero-order valence-electron chi connectivity index (χ0n) is 9.65. The number of nitrogens with one attached hydrogen (secondary N) is 1. The molecule has 1 aliphatic rings. The predicted octanol–water partition coefficient (Wildman–Crippen LogP) is 2.89. The molecule has 1 aliphatic heterocycles. The Labute approximate surface area is 110 Å². The SMILES string of the molecule is N#Cc1nc(-c2cccc(Cl)c2)n2c1NCCC2. The smallest absolute Gasteiger partial charge is 0.183 e. The monoisotopic (exact) mass is 258 g/mol. The van der Waals surface area contributed by atoms with Crippen LogP contribution in [-0.2, 0) is 6.54 Å². The van der Waals surface area contributed by atoms with Gasteiger partial charge in [0.05, 0.1) is 0 Å². The number of rotatable bonds is 1. The van der Waals surface area contributed by atoms with Crippen molar-refractivity contribution in [1.82, 2.24) is 9.55 Å². The van der Waals surface area contributed by atoms with Crippen molar-refractivity contribution >= 4 is 17.4 Å². The topological polar surface area (TPSA) is 53.6 Å². The van der Waals surface area contributed by atoms with Crippen LogP contribution < -0.4 is 5.32 Å². The number of benzene rings is 1. The summed E-state index contributed by atoms with van der Waals surface area (Å²) in [5.41, 5.74) is 1.39. The molecule has 2 heterocycles. The van der Waals surface area contributed by atoms with Crippen molar-refractivity contribution in [2.75, 3.05) is 11.9 Å². The average molecular weight is 259 g/mol. The largest absolute Gasteiger partial charge is 0.369 e. The fraction of sp³-hybridized carbons (Fsp3) is 0.231. The number of hydrogen-bond donors (Lipinski definition) is 1. The molecule has 18 heavy (non-hydrogen) atoms. The second-order valence-corrected chi connectivity index (χ2v) is 4.62. The number of hydrogen-bond acceptors (Lipinski definition) is 3. The van der Waals surface area contributed by atoms with Gasteiger partial charge in [-0.1, -0.05) is 23.7 Å². The first-order chi connectivity index (χ1) is 8.79. The molecule has 0 unspecified atom stereocenters. The van der Waals surface area contributed by atoms with Gasteiger partial charge in [0.1, 0.15) is 17.7 Å². The molecule has 5 heteroatoms. The van der Waals surface area contributed by atoms with Crippen molar-refractivity contribution in [1.29, 1.82) is 5.26 Å². The zero-order valence-corrected chi connectivity index (χ0v) is 10.4. The highest BCUT2D eigenvalue weighted by Crippen LogP contribution is 2.29. The van der Waals surface area contributed by atoms with Crippen molar-refractivity contribution in [3.05, 3.63) is 35.0 Å². The van der Waals surface area contributed by atoms with Crippen LogP contribution in [-0.4, -0.2) is 16.1 Å². The Morgan fingerprint density at radius 3 is 3.11 bits per heavy atom. The van der Waals surface area contributed by atoms with Gasteiger partial charge in [-0.05, 0) is 18.6 Å². The molecule has 90 valence electrons. The number of fused-ring (bicyclic) bond motifs is 1. The van der Waals surface area contributed by atoms with Gasteiger partial charge in [-0.15, -0.1) is 0 Å². The van der Waals surface area contributed by atoms with Crippen molar-refractivity contribution in [3.63, 3.8) is 0 Å². The Morgan fingerprint density at radius 2 is 2.33 bits per heavy atom. The number of halogens is 1. The number of anilines is 1. The van der Waals surface area contributed by atoms with E-state index >= 15 is 0 Å². The number of nitriles is 1. The van der Waals surface area contributed by atoms with Gasteiger partial charge < -0.3 is 9.88 Å². The van der Waals surface area contributed by atoms with E-state index in [4.69, 9.17) is 16.9 Å². The lowest BCUT2D eigenvalue weighted by molar-refractivity contribution is 0.635. The van der Waals surface area contributed by atoms with Crippen molar-refractivity contribution in [3.8, 4) is 17.5 Å². The fourth-order valence-electron chi connectivity index (χ4n) is 2.22. The van der Waals surface area contributed by atoms with Gasteiger partial charge in [0, 0.05) is 23.7 Å². The van der Waals surface area contributed by atoms with Gasteiger partial charge >= 0.3 is 0 Å². The van der Waals surface area contributed by atoms with Crippen molar-refractivity contribution in [2.45, 2.75) is 13.0 Å². The lowest BCUT2D eigenvalue weighted by atomic mass is 10.2. The van der Waals surface area contributed by atoms with Gasteiger partial charge in [0.2, 0.25) is 0 Å². The van der Waals surface area contributed by atoms with Gasteiger partial charge in [-0.2, -0.15) is 5.26 Å². The standard InChI is InChI=1S/C13H11ClN4/c14-10-4-1-3-9(7-10)12-17-11(8-15)13-16-5-2-6-18(12)13/h1,3-4,7,16H,2,5-6H2. The molecule has 0 amide bonds. The molecule has 0 atom stereocenters. The van der Waals surface area contributed by atoms with Crippen LogP contribution in [0.25, 0.3) is 11.4 Å². The van der Waals surface area contributed by atoms with Crippen LogP contribution >= 0.6 is 11.6 Å². The zero-order chi connectivity index (χ0) is 12.5. The number of nitrogens with zero attached hydrogens (tertiary/aromatic N) is 3. The van der Waals surface area contributed by atoms with Crippen LogP contribution in [0.15, 0.2) is 24.3 Å². The van der Waals surface area contributed by atoms with Crippen LogP contribution in [0.5, 0.6) is 0 Å². The summed E-state index contributed by atoms with van der Waals surface area (Å²) in [4.78, 5) is 4.40. The third kappa shape index (κ3) is 1.73. The maximum atomic E-state index is 9.12. The van der Waals surface area contributed by atoms with Crippen molar-refractivity contribution in [2.24, 2.45) is 0 Å². The van der Waals surface area contributed by atoms with Gasteiger partial charge in [-0.3, -0.25) is 0 Å². The second-order valence-electron chi connectivity index (χ2n) is 4.19. The molecule has 3 rings (SSSR count). The maximum Gasteiger partial charge on any atom is 0.183 e. The van der Waals surface area contributed by atoms with E-state index in [0.717, 1.165) is 36.7 Å². The first-order valence-electron chi connectivity index (χ1n) is 5.80. The second kappa shape index (κ2) is 4.35. The molecule has 1 aromatic carbocycles. The summed E-state index contributed by atoms with van der Waals surface area (Å²) >= 11 is 6.00. The van der Waals surface area contributed by atoms with Crippen LogP contribution in [0.2, 0.25) is 5.02 Å². The molecular weight excluding hydrogens is 248 g/mol. The molecular formula is C13H11ClN4. The summed E-state index contributed by atoms with van der Waals surface area (Å²) < 4.78 is 2.05.